The fourth-order valence-electron chi connectivity index (χ4n) is 7.08. The van der Waals surface area contributed by atoms with E-state index in [0.29, 0.717) is 35.4 Å². The van der Waals surface area contributed by atoms with Gasteiger partial charge in [0, 0.05) is 11.3 Å². The first-order chi connectivity index (χ1) is 14.3. The van der Waals surface area contributed by atoms with Crippen molar-refractivity contribution in [2.24, 2.45) is 34.5 Å². The largest absolute Gasteiger partial charge is 0.481 e. The predicted molar refractivity (Wildman–Crippen MR) is 117 cm³/mol. The molecule has 0 aromatic heterocycles. The zero-order valence-electron chi connectivity index (χ0n) is 17.9. The zero-order chi connectivity index (χ0) is 21.1. The molecule has 30 heavy (non-hydrogen) atoms. The van der Waals surface area contributed by atoms with Gasteiger partial charge in [0.1, 0.15) is 0 Å². The number of ketones is 1. The Hall–Kier alpha value is -2.36. The Labute approximate surface area is 178 Å². The second kappa shape index (κ2) is 6.83. The maximum atomic E-state index is 13.0. The number of allylic oxidation sites excluding steroid dienone is 4. The molecule has 0 unspecified atom stereocenters. The summed E-state index contributed by atoms with van der Waals surface area (Å²) in [4.78, 5) is 25.5. The van der Waals surface area contributed by atoms with Crippen LogP contribution in [0.2, 0.25) is 0 Å². The molecule has 1 heterocycles. The summed E-state index contributed by atoms with van der Waals surface area (Å²) in [5.74, 6) is 0.621. The van der Waals surface area contributed by atoms with Crippen molar-refractivity contribution in [1.82, 2.24) is 0 Å². The Bertz CT molecular complexity index is 963. The highest BCUT2D eigenvalue weighted by Crippen LogP contribution is 2.62. The van der Waals surface area contributed by atoms with E-state index in [-0.39, 0.29) is 17.1 Å². The number of carbonyl (C=O) groups is 2. The lowest BCUT2D eigenvalue weighted by atomic mass is 9.45. The van der Waals surface area contributed by atoms with Crippen molar-refractivity contribution in [3.05, 3.63) is 53.8 Å². The Morgan fingerprint density at radius 1 is 1.17 bits per heavy atom. The Balaban J connectivity index is 1.55. The van der Waals surface area contributed by atoms with Gasteiger partial charge in [0.2, 0.25) is 5.78 Å². The number of Topliss-reactive ketones (excluding diaryl/α,β-unsaturated/α-hetero) is 1. The summed E-state index contributed by atoms with van der Waals surface area (Å²) in [5.41, 5.74) is 1.47. The van der Waals surface area contributed by atoms with Crippen LogP contribution in [0.1, 0.15) is 62.7 Å². The summed E-state index contributed by atoms with van der Waals surface area (Å²) >= 11 is 0. The molecule has 1 aliphatic heterocycles. The summed E-state index contributed by atoms with van der Waals surface area (Å²) in [6.45, 7) is 4.33. The minimum Gasteiger partial charge on any atom is -0.481 e. The lowest BCUT2D eigenvalue weighted by Gasteiger charge is -2.59. The van der Waals surface area contributed by atoms with Crippen LogP contribution in [0.25, 0.3) is 0 Å². The summed E-state index contributed by atoms with van der Waals surface area (Å²) in [6.07, 6.45) is 12.7. The van der Waals surface area contributed by atoms with Crippen LogP contribution in [0.15, 0.2) is 48.2 Å². The first kappa shape index (κ1) is 19.6. The molecule has 2 saturated carbocycles. The van der Waals surface area contributed by atoms with Gasteiger partial charge in [-0.15, -0.1) is 0 Å². The van der Waals surface area contributed by atoms with Gasteiger partial charge in [-0.25, -0.2) is 0 Å². The topological polar surface area (TPSA) is 66.4 Å². The van der Waals surface area contributed by atoms with Gasteiger partial charge in [-0.3, -0.25) is 9.59 Å². The summed E-state index contributed by atoms with van der Waals surface area (Å²) < 4.78 is 0. The van der Waals surface area contributed by atoms with Crippen molar-refractivity contribution in [3.63, 3.8) is 0 Å². The molecule has 0 bridgehead atoms. The Morgan fingerprint density at radius 3 is 2.73 bits per heavy atom. The van der Waals surface area contributed by atoms with Gasteiger partial charge in [-0.1, -0.05) is 37.3 Å². The normalized spacial score (nSPS) is 41.0. The highest BCUT2D eigenvalue weighted by molar-refractivity contribution is 6.18. The van der Waals surface area contributed by atoms with Gasteiger partial charge in [0.05, 0.1) is 11.1 Å². The number of fused-ring (bicyclic) bond motifs is 4. The second-order valence-electron chi connectivity index (χ2n) is 10.3. The van der Waals surface area contributed by atoms with Crippen LogP contribution in [-0.2, 0) is 4.79 Å². The summed E-state index contributed by atoms with van der Waals surface area (Å²) in [6, 6.07) is 7.54. The van der Waals surface area contributed by atoms with Gasteiger partial charge >= 0.3 is 5.97 Å². The van der Waals surface area contributed by atoms with E-state index < -0.39 is 11.4 Å². The molecule has 158 valence electrons. The van der Waals surface area contributed by atoms with E-state index in [1.54, 1.807) is 0 Å². The lowest BCUT2D eigenvalue weighted by Crippen LogP contribution is -2.54. The maximum Gasteiger partial charge on any atom is 0.309 e. The number of hydrogen-bond acceptors (Lipinski definition) is 3. The van der Waals surface area contributed by atoms with Crippen LogP contribution in [0.3, 0.4) is 0 Å². The van der Waals surface area contributed by atoms with Gasteiger partial charge < -0.3 is 10.4 Å². The van der Waals surface area contributed by atoms with E-state index in [4.69, 9.17) is 0 Å². The van der Waals surface area contributed by atoms with Gasteiger partial charge in [0.25, 0.3) is 0 Å². The van der Waals surface area contributed by atoms with Crippen LogP contribution in [0, 0.1) is 34.5 Å². The molecule has 3 aliphatic carbocycles. The highest BCUT2D eigenvalue weighted by Gasteiger charge is 2.57. The molecule has 1 aromatic carbocycles. The molecule has 2 fully saturated rings. The molecular weight excluding hydrogens is 374 g/mol. The molecule has 0 saturated heterocycles. The first-order valence-electron chi connectivity index (χ1n) is 11.4. The quantitative estimate of drug-likeness (QED) is 0.491. The molecule has 1 aromatic rings. The fraction of sp³-hybridized carbons (Fsp3) is 0.538. The monoisotopic (exact) mass is 405 g/mol. The third-order valence-corrected chi connectivity index (χ3v) is 8.98. The second-order valence-corrected chi connectivity index (χ2v) is 10.3. The fourth-order valence-corrected chi connectivity index (χ4v) is 7.08. The number of benzene rings is 1. The lowest BCUT2D eigenvalue weighted by molar-refractivity contribution is -0.161. The molecule has 4 nitrogen and oxygen atoms in total. The summed E-state index contributed by atoms with van der Waals surface area (Å²) in [7, 11) is 0. The summed E-state index contributed by atoms with van der Waals surface area (Å²) in [5, 5.41) is 13.5. The van der Waals surface area contributed by atoms with Crippen LogP contribution in [-0.4, -0.2) is 16.9 Å². The zero-order valence-corrected chi connectivity index (χ0v) is 17.9. The molecule has 4 aliphatic rings. The standard InChI is InChI=1S/C26H31NO3/c1-25-13-6-5-7-16(25)10-11-17-19(25)12-14-26(2,24(29)30)20(17)15-22-23(28)18-8-3-4-9-21(18)27-22/h3-6,8-9,15-17,19-20,27H,7,10-14H2,1-2H3,(H,29,30)/b22-15+/t16-,17-,19-,20-,25-,26-/m0/s1. The molecule has 4 heteroatoms. The molecule has 6 atom stereocenters. The first-order valence-corrected chi connectivity index (χ1v) is 11.4. The van der Waals surface area contributed by atoms with Crippen LogP contribution in [0.5, 0.6) is 0 Å². The molecule has 0 radical (unpaired) electrons. The van der Waals surface area contributed by atoms with Crippen molar-refractivity contribution >= 4 is 17.4 Å². The molecular formula is C26H31NO3. The number of para-hydroxylation sites is 1. The highest BCUT2D eigenvalue weighted by atomic mass is 16.4. The van der Waals surface area contributed by atoms with Crippen LogP contribution < -0.4 is 5.32 Å². The number of hydrogen-bond donors (Lipinski definition) is 2. The van der Waals surface area contributed by atoms with E-state index in [0.717, 1.165) is 37.8 Å². The molecule has 0 spiro atoms. The Kier molecular flexibility index (Phi) is 4.46. The van der Waals surface area contributed by atoms with Gasteiger partial charge in [-0.05, 0) is 86.7 Å². The smallest absolute Gasteiger partial charge is 0.309 e. The van der Waals surface area contributed by atoms with Crippen molar-refractivity contribution in [1.29, 1.82) is 0 Å². The average Bonchev–Trinajstić information content (AvgIpc) is 3.05. The van der Waals surface area contributed by atoms with E-state index in [1.165, 1.54) is 0 Å². The van der Waals surface area contributed by atoms with Crippen LogP contribution >= 0.6 is 0 Å². The number of aliphatic carboxylic acids is 1. The van der Waals surface area contributed by atoms with Gasteiger partial charge in [0.15, 0.2) is 0 Å². The Morgan fingerprint density at radius 2 is 1.97 bits per heavy atom. The number of carboxylic acids is 1. The molecule has 2 N–H and O–H groups in total. The van der Waals surface area contributed by atoms with Crippen molar-refractivity contribution in [2.45, 2.75) is 52.4 Å². The maximum absolute atomic E-state index is 13.0. The van der Waals surface area contributed by atoms with Crippen LogP contribution in [0.4, 0.5) is 5.69 Å². The van der Waals surface area contributed by atoms with Gasteiger partial charge in [-0.2, -0.15) is 0 Å². The minimum absolute atomic E-state index is 0.0130. The third kappa shape index (κ3) is 2.72. The number of nitrogens with one attached hydrogen (secondary N) is 1. The number of carbonyl (C=O) groups excluding carboxylic acids is 1. The number of carboxylic acid groups (broad SMARTS) is 1. The predicted octanol–water partition coefficient (Wildman–Crippen LogP) is 5.68. The number of anilines is 1. The van der Waals surface area contributed by atoms with Crippen molar-refractivity contribution in [2.75, 3.05) is 5.32 Å². The minimum atomic E-state index is -0.835. The van der Waals surface area contributed by atoms with E-state index in [2.05, 4.69) is 24.4 Å². The molecule has 5 rings (SSSR count). The average molecular weight is 406 g/mol. The van der Waals surface area contributed by atoms with Crippen molar-refractivity contribution in [3.8, 4) is 0 Å². The molecule has 0 amide bonds. The van der Waals surface area contributed by atoms with E-state index >= 15 is 0 Å². The van der Waals surface area contributed by atoms with E-state index in [1.807, 2.05) is 37.3 Å². The SMILES string of the molecule is C[C@]12CC=CC[C@H]1CC[C@H]1[C@@H]2CC[C@](C)(C(=O)O)[C@H]1/C=C1/Nc2ccccc2C1=O. The van der Waals surface area contributed by atoms with E-state index in [9.17, 15) is 14.7 Å². The number of rotatable bonds is 2. The van der Waals surface area contributed by atoms with Crippen molar-refractivity contribution < 1.29 is 14.7 Å². The third-order valence-electron chi connectivity index (χ3n) is 8.98.